The first-order valence-corrected chi connectivity index (χ1v) is 8.78. The molecule has 4 atom stereocenters. The molecule has 0 aliphatic carbocycles. The minimum atomic E-state index is -0.743. The Bertz CT molecular complexity index is 412. The summed E-state index contributed by atoms with van der Waals surface area (Å²) in [5.41, 5.74) is 0. The number of hydrogen-bond acceptors (Lipinski definition) is 4. The molecule has 2 aliphatic heterocycles. The topological polar surface area (TPSA) is 63.6 Å². The standard InChI is InChI=1S/C15H21ClO4S/c16-15(19)21-9-11-10(12-7-8-13(11)20-12)5-3-1-2-4-6-14(17)18/h1,3,10-13H,2,4-9H2,(H,17,18)/t10-,11+,12-,13+/m1/s1. The number of carbonyl (C=O) groups excluding carboxylic acids is 1. The van der Waals surface area contributed by atoms with E-state index in [0.717, 1.165) is 31.4 Å². The van der Waals surface area contributed by atoms with E-state index in [-0.39, 0.29) is 17.1 Å². The highest BCUT2D eigenvalue weighted by Gasteiger charge is 2.47. The third-order valence-corrected chi connectivity index (χ3v) is 5.42. The molecule has 0 aromatic carbocycles. The van der Waals surface area contributed by atoms with Gasteiger partial charge in [-0.15, -0.1) is 0 Å². The van der Waals surface area contributed by atoms with Crippen LogP contribution in [0, 0.1) is 11.8 Å². The van der Waals surface area contributed by atoms with E-state index in [1.807, 2.05) is 0 Å². The van der Waals surface area contributed by atoms with Crippen LogP contribution in [-0.2, 0) is 9.53 Å². The van der Waals surface area contributed by atoms with Crippen molar-refractivity contribution in [2.75, 3.05) is 5.75 Å². The van der Waals surface area contributed by atoms with Crippen molar-refractivity contribution >= 4 is 33.9 Å². The van der Waals surface area contributed by atoms with Crippen LogP contribution in [0.15, 0.2) is 12.2 Å². The maximum absolute atomic E-state index is 10.9. The predicted octanol–water partition coefficient (Wildman–Crippen LogP) is 4.07. The lowest BCUT2D eigenvalue weighted by atomic mass is 9.78. The van der Waals surface area contributed by atoms with E-state index in [1.54, 1.807) is 0 Å². The second kappa shape index (κ2) is 8.20. The summed E-state index contributed by atoms with van der Waals surface area (Å²) in [6.07, 6.45) is 9.63. The summed E-state index contributed by atoms with van der Waals surface area (Å²) in [5.74, 6) is 0.858. The first kappa shape index (κ1) is 16.8. The minimum Gasteiger partial charge on any atom is -0.481 e. The number of carbonyl (C=O) groups is 2. The van der Waals surface area contributed by atoms with Crippen molar-refractivity contribution in [3.05, 3.63) is 12.2 Å². The minimum absolute atomic E-state index is 0.221. The molecule has 1 N–H and O–H groups in total. The van der Waals surface area contributed by atoms with Gasteiger partial charge in [-0.25, -0.2) is 0 Å². The molecule has 4 nitrogen and oxygen atoms in total. The summed E-state index contributed by atoms with van der Waals surface area (Å²) in [6, 6.07) is 0. The van der Waals surface area contributed by atoms with Crippen LogP contribution in [0.4, 0.5) is 4.79 Å². The normalized spacial score (nSPS) is 31.1. The Labute approximate surface area is 134 Å². The number of thioether (sulfide) groups is 1. The van der Waals surface area contributed by atoms with Gasteiger partial charge in [0.15, 0.2) is 0 Å². The van der Waals surface area contributed by atoms with E-state index >= 15 is 0 Å². The Morgan fingerprint density at radius 2 is 1.95 bits per heavy atom. The second-order valence-corrected chi connectivity index (χ2v) is 7.22. The van der Waals surface area contributed by atoms with Gasteiger partial charge in [0.1, 0.15) is 0 Å². The van der Waals surface area contributed by atoms with Gasteiger partial charge < -0.3 is 9.84 Å². The van der Waals surface area contributed by atoms with Gasteiger partial charge in [0.05, 0.1) is 12.2 Å². The summed E-state index contributed by atoms with van der Waals surface area (Å²) < 4.78 is 5.61. The van der Waals surface area contributed by atoms with Gasteiger partial charge in [-0.2, -0.15) is 0 Å². The molecule has 0 saturated carbocycles. The van der Waals surface area contributed by atoms with Gasteiger partial charge in [-0.1, -0.05) is 23.9 Å². The summed E-state index contributed by atoms with van der Waals surface area (Å²) in [6.45, 7) is 0. The van der Waals surface area contributed by atoms with Gasteiger partial charge in [0.2, 0.25) is 0 Å². The van der Waals surface area contributed by atoms with Crippen LogP contribution in [0.2, 0.25) is 0 Å². The Morgan fingerprint density at radius 1 is 1.24 bits per heavy atom. The summed E-state index contributed by atoms with van der Waals surface area (Å²) in [4.78, 5) is 21.3. The smallest absolute Gasteiger partial charge is 0.303 e. The van der Waals surface area contributed by atoms with E-state index in [9.17, 15) is 9.59 Å². The molecule has 0 spiro atoms. The fourth-order valence-electron chi connectivity index (χ4n) is 3.33. The Kier molecular flexibility index (Phi) is 6.58. The molecule has 2 rings (SSSR count). The summed E-state index contributed by atoms with van der Waals surface area (Å²) in [7, 11) is 0. The maximum atomic E-state index is 10.9. The van der Waals surface area contributed by atoms with Crippen molar-refractivity contribution in [3.8, 4) is 0 Å². The van der Waals surface area contributed by atoms with Crippen molar-refractivity contribution in [1.82, 2.24) is 0 Å². The number of halogens is 1. The molecule has 0 amide bonds. The van der Waals surface area contributed by atoms with Crippen molar-refractivity contribution in [2.24, 2.45) is 11.8 Å². The number of hydrogen-bond donors (Lipinski definition) is 1. The number of carboxylic acid groups (broad SMARTS) is 1. The first-order valence-electron chi connectivity index (χ1n) is 7.42. The van der Waals surface area contributed by atoms with Crippen molar-refractivity contribution in [1.29, 1.82) is 0 Å². The van der Waals surface area contributed by atoms with E-state index in [1.165, 1.54) is 11.8 Å². The van der Waals surface area contributed by atoms with Crippen LogP contribution in [0.3, 0.4) is 0 Å². The highest BCUT2D eigenvalue weighted by molar-refractivity contribution is 8.16. The summed E-state index contributed by atoms with van der Waals surface area (Å²) >= 11 is 6.59. The average Bonchev–Trinajstić information content (AvgIpc) is 3.01. The van der Waals surface area contributed by atoms with Crippen molar-refractivity contribution in [2.45, 2.75) is 50.7 Å². The molecular weight excluding hydrogens is 312 g/mol. The molecule has 2 bridgehead atoms. The van der Waals surface area contributed by atoms with Crippen LogP contribution in [-0.4, -0.2) is 33.6 Å². The monoisotopic (exact) mass is 332 g/mol. The predicted molar refractivity (Wildman–Crippen MR) is 83.8 cm³/mol. The average molecular weight is 333 g/mol. The fourth-order valence-corrected chi connectivity index (χ4v) is 4.31. The number of carboxylic acids is 1. The molecule has 0 aromatic rings. The zero-order valence-corrected chi connectivity index (χ0v) is 13.4. The molecular formula is C15H21ClO4S. The van der Waals surface area contributed by atoms with Crippen LogP contribution in [0.5, 0.6) is 0 Å². The van der Waals surface area contributed by atoms with E-state index in [4.69, 9.17) is 21.4 Å². The number of unbranched alkanes of at least 4 members (excludes halogenated alkanes) is 1. The number of aliphatic carboxylic acids is 1. The van der Waals surface area contributed by atoms with Gasteiger partial charge in [-0.3, -0.25) is 9.59 Å². The molecule has 0 radical (unpaired) electrons. The lowest BCUT2D eigenvalue weighted by molar-refractivity contribution is -0.137. The largest absolute Gasteiger partial charge is 0.481 e. The molecule has 2 fully saturated rings. The van der Waals surface area contributed by atoms with E-state index < -0.39 is 5.97 Å². The van der Waals surface area contributed by atoms with Gasteiger partial charge in [0, 0.05) is 18.1 Å². The lowest BCUT2D eigenvalue weighted by Gasteiger charge is -2.26. The molecule has 0 unspecified atom stereocenters. The number of ether oxygens (including phenoxy) is 1. The van der Waals surface area contributed by atoms with Crippen molar-refractivity contribution < 1.29 is 19.4 Å². The van der Waals surface area contributed by atoms with Crippen molar-refractivity contribution in [3.63, 3.8) is 0 Å². The highest BCUT2D eigenvalue weighted by Crippen LogP contribution is 2.46. The lowest BCUT2D eigenvalue weighted by Crippen LogP contribution is -2.28. The van der Waals surface area contributed by atoms with Crippen LogP contribution in [0.25, 0.3) is 0 Å². The summed E-state index contributed by atoms with van der Waals surface area (Å²) in [5, 5.41) is 8.57. The zero-order valence-electron chi connectivity index (χ0n) is 11.9. The highest BCUT2D eigenvalue weighted by atomic mass is 35.5. The third kappa shape index (κ3) is 5.01. The Morgan fingerprint density at radius 3 is 2.62 bits per heavy atom. The zero-order chi connectivity index (χ0) is 15.2. The molecule has 21 heavy (non-hydrogen) atoms. The first-order chi connectivity index (χ1) is 10.1. The molecule has 0 aromatic heterocycles. The van der Waals surface area contributed by atoms with E-state index in [2.05, 4.69) is 12.2 Å². The quantitative estimate of drug-likeness (QED) is 0.412. The van der Waals surface area contributed by atoms with Crippen LogP contribution in [0.1, 0.15) is 38.5 Å². The number of allylic oxidation sites excluding steroid dienone is 2. The van der Waals surface area contributed by atoms with Gasteiger partial charge >= 0.3 is 5.97 Å². The molecule has 2 saturated heterocycles. The third-order valence-electron chi connectivity index (χ3n) is 4.32. The molecule has 118 valence electrons. The fraction of sp³-hybridized carbons (Fsp3) is 0.733. The van der Waals surface area contributed by atoms with Gasteiger partial charge in [0.25, 0.3) is 4.57 Å². The maximum Gasteiger partial charge on any atom is 0.303 e. The SMILES string of the molecule is O=C(O)CCCC=CC[C@@H]1[C@H](CSC(=O)Cl)[C@@H]2CC[C@H]1O2. The Balaban J connectivity index is 1.76. The van der Waals surface area contributed by atoms with Gasteiger partial charge in [-0.05, 0) is 49.6 Å². The van der Waals surface area contributed by atoms with Crippen LogP contribution >= 0.6 is 23.4 Å². The molecule has 2 heterocycles. The van der Waals surface area contributed by atoms with E-state index in [0.29, 0.717) is 24.4 Å². The Hall–Kier alpha value is -0.520. The molecule has 6 heteroatoms. The number of rotatable bonds is 8. The molecule has 2 aliphatic rings. The van der Waals surface area contributed by atoms with Crippen LogP contribution < -0.4 is 0 Å². The number of fused-ring (bicyclic) bond motifs is 2. The second-order valence-electron chi connectivity index (χ2n) is 5.66.